The third-order valence-corrected chi connectivity index (χ3v) is 3.98. The number of rotatable bonds is 3. The maximum atomic E-state index is 12.4. The lowest BCUT2D eigenvalue weighted by Gasteiger charge is -2.12. The van der Waals surface area contributed by atoms with Crippen molar-refractivity contribution in [3.05, 3.63) is 77.4 Å². The number of carbonyl (C=O) groups is 1. The van der Waals surface area contributed by atoms with E-state index in [0.29, 0.717) is 6.42 Å². The Hall–Kier alpha value is -2.61. The fourth-order valence-corrected chi connectivity index (χ4v) is 2.81. The van der Waals surface area contributed by atoms with Crippen LogP contribution in [0.25, 0.3) is 10.8 Å². The molecule has 0 aliphatic carbocycles. The molecule has 0 unspecified atom stereocenters. The van der Waals surface area contributed by atoms with Gasteiger partial charge in [0.1, 0.15) is 0 Å². The Kier molecular flexibility index (Phi) is 3.92. The predicted molar refractivity (Wildman–Crippen MR) is 92.2 cm³/mol. The average molecular weight is 289 g/mol. The Morgan fingerprint density at radius 2 is 1.50 bits per heavy atom. The van der Waals surface area contributed by atoms with Crippen molar-refractivity contribution >= 4 is 22.4 Å². The molecular formula is C20H19NO. The van der Waals surface area contributed by atoms with Crippen LogP contribution < -0.4 is 5.32 Å². The van der Waals surface area contributed by atoms with Crippen molar-refractivity contribution in [1.82, 2.24) is 0 Å². The molecule has 22 heavy (non-hydrogen) atoms. The maximum Gasteiger partial charge on any atom is 0.228 e. The molecule has 0 aromatic heterocycles. The summed E-state index contributed by atoms with van der Waals surface area (Å²) in [4.78, 5) is 12.4. The van der Waals surface area contributed by atoms with Crippen LogP contribution in [-0.2, 0) is 11.2 Å². The van der Waals surface area contributed by atoms with Crippen molar-refractivity contribution < 1.29 is 4.79 Å². The molecule has 1 N–H and O–H groups in total. The normalized spacial score (nSPS) is 10.6. The number of carbonyl (C=O) groups excluding carboxylic acids is 1. The highest BCUT2D eigenvalue weighted by Crippen LogP contribution is 2.22. The Bertz CT molecular complexity index is 810. The first-order valence-corrected chi connectivity index (χ1v) is 7.48. The van der Waals surface area contributed by atoms with Crippen molar-refractivity contribution in [2.24, 2.45) is 0 Å². The molecule has 0 saturated carbocycles. The van der Waals surface area contributed by atoms with Gasteiger partial charge >= 0.3 is 0 Å². The Balaban J connectivity index is 1.85. The zero-order chi connectivity index (χ0) is 15.5. The molecular weight excluding hydrogens is 270 g/mol. The molecule has 3 rings (SSSR count). The lowest BCUT2D eigenvalue weighted by molar-refractivity contribution is -0.115. The minimum atomic E-state index is 0.0220. The minimum absolute atomic E-state index is 0.0220. The molecule has 0 radical (unpaired) electrons. The molecule has 0 spiro atoms. The summed E-state index contributed by atoms with van der Waals surface area (Å²) in [6.45, 7) is 4.03. The summed E-state index contributed by atoms with van der Waals surface area (Å²) in [6, 6.07) is 20.3. The number of nitrogens with one attached hydrogen (secondary N) is 1. The SMILES string of the molecule is Cc1cccc(C)c1NC(=O)Cc1cccc2ccccc12. The van der Waals surface area contributed by atoms with Crippen LogP contribution in [0, 0.1) is 13.8 Å². The number of aryl methyl sites for hydroxylation is 2. The number of anilines is 1. The van der Waals surface area contributed by atoms with Crippen LogP contribution in [0.4, 0.5) is 5.69 Å². The molecule has 110 valence electrons. The van der Waals surface area contributed by atoms with E-state index < -0.39 is 0 Å². The molecule has 3 aromatic carbocycles. The second-order valence-corrected chi connectivity index (χ2v) is 5.63. The monoisotopic (exact) mass is 289 g/mol. The fraction of sp³-hybridized carbons (Fsp3) is 0.150. The van der Waals surface area contributed by atoms with Gasteiger partial charge in [-0.3, -0.25) is 4.79 Å². The van der Waals surface area contributed by atoms with Gasteiger partial charge in [0.2, 0.25) is 5.91 Å². The van der Waals surface area contributed by atoms with E-state index in [1.807, 2.05) is 56.3 Å². The van der Waals surface area contributed by atoms with Crippen LogP contribution in [0.3, 0.4) is 0 Å². The van der Waals surface area contributed by atoms with Crippen LogP contribution in [0.5, 0.6) is 0 Å². The minimum Gasteiger partial charge on any atom is -0.325 e. The van der Waals surface area contributed by atoms with Gasteiger partial charge in [0.15, 0.2) is 0 Å². The Morgan fingerprint density at radius 3 is 2.27 bits per heavy atom. The number of para-hydroxylation sites is 1. The predicted octanol–water partition coefficient (Wildman–Crippen LogP) is 4.64. The highest BCUT2D eigenvalue weighted by molar-refractivity contribution is 5.97. The number of fused-ring (bicyclic) bond motifs is 1. The van der Waals surface area contributed by atoms with Gasteiger partial charge < -0.3 is 5.32 Å². The van der Waals surface area contributed by atoms with Crippen LogP contribution >= 0.6 is 0 Å². The Labute approximate surface area is 130 Å². The van der Waals surface area contributed by atoms with E-state index in [1.165, 1.54) is 5.39 Å². The average Bonchev–Trinajstić information content (AvgIpc) is 2.51. The largest absolute Gasteiger partial charge is 0.325 e. The second kappa shape index (κ2) is 6.02. The molecule has 0 saturated heterocycles. The fourth-order valence-electron chi connectivity index (χ4n) is 2.81. The van der Waals surface area contributed by atoms with Gasteiger partial charge in [-0.1, -0.05) is 60.7 Å². The first-order valence-electron chi connectivity index (χ1n) is 7.48. The zero-order valence-electron chi connectivity index (χ0n) is 12.9. The smallest absolute Gasteiger partial charge is 0.228 e. The van der Waals surface area contributed by atoms with E-state index in [4.69, 9.17) is 0 Å². The third-order valence-electron chi connectivity index (χ3n) is 3.98. The molecule has 3 aromatic rings. The van der Waals surface area contributed by atoms with Crippen LogP contribution in [0.15, 0.2) is 60.7 Å². The molecule has 1 amide bonds. The summed E-state index contributed by atoms with van der Waals surface area (Å²) in [5.41, 5.74) is 4.16. The lowest BCUT2D eigenvalue weighted by atomic mass is 10.0. The van der Waals surface area contributed by atoms with Gasteiger partial charge in [-0.2, -0.15) is 0 Å². The van der Waals surface area contributed by atoms with E-state index in [1.54, 1.807) is 0 Å². The summed E-state index contributed by atoms with van der Waals surface area (Å²) in [6.07, 6.45) is 0.384. The molecule has 0 aliphatic rings. The lowest BCUT2D eigenvalue weighted by Crippen LogP contribution is -2.16. The van der Waals surface area contributed by atoms with Gasteiger partial charge in [0.25, 0.3) is 0 Å². The molecule has 0 bridgehead atoms. The summed E-state index contributed by atoms with van der Waals surface area (Å²) in [5.74, 6) is 0.0220. The molecule has 0 atom stereocenters. The maximum absolute atomic E-state index is 12.4. The van der Waals surface area contributed by atoms with Crippen molar-refractivity contribution in [2.75, 3.05) is 5.32 Å². The summed E-state index contributed by atoms with van der Waals surface area (Å²) < 4.78 is 0. The summed E-state index contributed by atoms with van der Waals surface area (Å²) in [5, 5.41) is 5.36. The number of hydrogen-bond donors (Lipinski definition) is 1. The van der Waals surface area contributed by atoms with E-state index in [2.05, 4.69) is 23.5 Å². The van der Waals surface area contributed by atoms with E-state index in [-0.39, 0.29) is 5.91 Å². The first-order chi connectivity index (χ1) is 10.6. The summed E-state index contributed by atoms with van der Waals surface area (Å²) >= 11 is 0. The van der Waals surface area contributed by atoms with Crippen LogP contribution in [0.2, 0.25) is 0 Å². The number of hydrogen-bond acceptors (Lipinski definition) is 1. The zero-order valence-corrected chi connectivity index (χ0v) is 12.9. The molecule has 0 fully saturated rings. The molecule has 0 heterocycles. The van der Waals surface area contributed by atoms with Crippen molar-refractivity contribution in [2.45, 2.75) is 20.3 Å². The third kappa shape index (κ3) is 2.86. The second-order valence-electron chi connectivity index (χ2n) is 5.63. The van der Waals surface area contributed by atoms with E-state index in [0.717, 1.165) is 27.8 Å². The number of benzene rings is 3. The van der Waals surface area contributed by atoms with Gasteiger partial charge in [-0.25, -0.2) is 0 Å². The van der Waals surface area contributed by atoms with Gasteiger partial charge in [0.05, 0.1) is 6.42 Å². The van der Waals surface area contributed by atoms with Crippen molar-refractivity contribution in [3.8, 4) is 0 Å². The van der Waals surface area contributed by atoms with Crippen LogP contribution in [-0.4, -0.2) is 5.91 Å². The number of amides is 1. The molecule has 2 nitrogen and oxygen atoms in total. The highest BCUT2D eigenvalue weighted by atomic mass is 16.1. The quantitative estimate of drug-likeness (QED) is 0.748. The Morgan fingerprint density at radius 1 is 0.864 bits per heavy atom. The topological polar surface area (TPSA) is 29.1 Å². The first kappa shape index (κ1) is 14.3. The van der Waals surface area contributed by atoms with Gasteiger partial charge in [0, 0.05) is 5.69 Å². The van der Waals surface area contributed by atoms with Crippen molar-refractivity contribution in [1.29, 1.82) is 0 Å². The van der Waals surface area contributed by atoms with E-state index >= 15 is 0 Å². The van der Waals surface area contributed by atoms with Gasteiger partial charge in [-0.05, 0) is 41.3 Å². The molecule has 2 heteroatoms. The summed E-state index contributed by atoms with van der Waals surface area (Å²) in [7, 11) is 0. The van der Waals surface area contributed by atoms with Crippen LogP contribution in [0.1, 0.15) is 16.7 Å². The van der Waals surface area contributed by atoms with Gasteiger partial charge in [-0.15, -0.1) is 0 Å². The highest BCUT2D eigenvalue weighted by Gasteiger charge is 2.09. The standard InChI is InChI=1S/C20H19NO/c1-14-7-5-8-15(2)20(14)21-19(22)13-17-11-6-10-16-9-3-4-12-18(16)17/h3-12H,13H2,1-2H3,(H,21,22). The van der Waals surface area contributed by atoms with Crippen molar-refractivity contribution in [3.63, 3.8) is 0 Å². The molecule has 0 aliphatic heterocycles. The van der Waals surface area contributed by atoms with E-state index in [9.17, 15) is 4.79 Å².